The van der Waals surface area contributed by atoms with Crippen LogP contribution in [-0.2, 0) is 11.8 Å². The summed E-state index contributed by atoms with van der Waals surface area (Å²) in [5, 5.41) is 0.738. The van der Waals surface area contributed by atoms with Gasteiger partial charge in [0.15, 0.2) is 5.15 Å². The van der Waals surface area contributed by atoms with Gasteiger partial charge in [-0.05, 0) is 0 Å². The maximum absolute atomic E-state index is 6.18. The van der Waals surface area contributed by atoms with E-state index in [9.17, 15) is 0 Å². The van der Waals surface area contributed by atoms with Crippen LogP contribution in [-0.4, -0.2) is 64.9 Å². The average Bonchev–Trinajstić information content (AvgIpc) is 2.84. The first-order chi connectivity index (χ1) is 10.6. The van der Waals surface area contributed by atoms with Crippen molar-refractivity contribution < 1.29 is 4.74 Å². The van der Waals surface area contributed by atoms with E-state index in [4.69, 9.17) is 32.9 Å². The van der Waals surface area contributed by atoms with E-state index in [-0.39, 0.29) is 0 Å². The normalized spacial score (nSPS) is 23.0. The first kappa shape index (κ1) is 14.5. The Labute approximate surface area is 138 Å². The van der Waals surface area contributed by atoms with E-state index in [1.165, 1.54) is 0 Å². The Balaban J connectivity index is 1.69. The van der Waals surface area contributed by atoms with Crippen molar-refractivity contribution in [1.82, 2.24) is 19.4 Å². The molecule has 0 saturated carbocycles. The van der Waals surface area contributed by atoms with Gasteiger partial charge in [0.2, 0.25) is 5.95 Å². The fraction of sp³-hybridized carbons (Fsp3) is 0.571. The van der Waals surface area contributed by atoms with Crippen LogP contribution in [0.25, 0.3) is 11.0 Å². The minimum atomic E-state index is 0.351. The van der Waals surface area contributed by atoms with Crippen LogP contribution in [0.3, 0.4) is 0 Å². The Bertz CT molecular complexity index is 719. The number of ether oxygens (including phenoxy) is 1. The Hall–Kier alpha value is -1.08. The number of rotatable bonds is 1. The highest BCUT2D eigenvalue weighted by Gasteiger charge is 2.31. The number of nitrogens with zero attached hydrogens (tertiary/aromatic N) is 5. The molecule has 0 spiro atoms. The lowest BCUT2D eigenvalue weighted by atomic mass is 10.1. The fourth-order valence-electron chi connectivity index (χ4n) is 3.32. The van der Waals surface area contributed by atoms with Gasteiger partial charge in [-0.25, -0.2) is 9.97 Å². The molecule has 4 heterocycles. The summed E-state index contributed by atoms with van der Waals surface area (Å²) in [6.07, 6.45) is 0. The summed E-state index contributed by atoms with van der Waals surface area (Å²) in [4.78, 5) is 13.6. The third kappa shape index (κ3) is 2.34. The maximum atomic E-state index is 6.18. The third-order valence-corrected chi connectivity index (χ3v) is 4.95. The second kappa shape index (κ2) is 5.53. The number of aryl methyl sites for hydroxylation is 1. The third-order valence-electron chi connectivity index (χ3n) is 4.49. The minimum absolute atomic E-state index is 0.351. The number of halogens is 2. The van der Waals surface area contributed by atoms with Gasteiger partial charge in [0, 0.05) is 39.3 Å². The highest BCUT2D eigenvalue weighted by molar-refractivity contribution is 6.36. The van der Waals surface area contributed by atoms with Crippen molar-refractivity contribution in [3.63, 3.8) is 0 Å². The van der Waals surface area contributed by atoms with E-state index in [0.29, 0.717) is 21.9 Å². The molecule has 0 amide bonds. The standard InChI is InChI=1S/C14H17Cl2N5O/c1-19-10-6-11(15)17-13(16)12(10)18-14(19)21-3-2-20-4-5-22-8-9(20)7-21/h6,9H,2-5,7-8H2,1H3/t9-/m0/s1. The SMILES string of the molecule is Cn1c(N2CCN3CCOC[C@@H]3C2)nc2c(Cl)nc(Cl)cc21. The number of fused-ring (bicyclic) bond motifs is 2. The molecule has 2 fully saturated rings. The molecule has 2 saturated heterocycles. The van der Waals surface area contributed by atoms with Gasteiger partial charge < -0.3 is 14.2 Å². The van der Waals surface area contributed by atoms with Crippen molar-refractivity contribution in [1.29, 1.82) is 0 Å². The van der Waals surface area contributed by atoms with Crippen molar-refractivity contribution in [2.45, 2.75) is 6.04 Å². The van der Waals surface area contributed by atoms with E-state index in [0.717, 1.165) is 50.9 Å². The van der Waals surface area contributed by atoms with Crippen LogP contribution >= 0.6 is 23.2 Å². The van der Waals surface area contributed by atoms with Crippen LogP contribution in [0.2, 0.25) is 10.3 Å². The van der Waals surface area contributed by atoms with E-state index in [1.54, 1.807) is 6.07 Å². The number of hydrogen-bond acceptors (Lipinski definition) is 5. The van der Waals surface area contributed by atoms with Crippen LogP contribution < -0.4 is 4.90 Å². The fourth-order valence-corrected chi connectivity index (χ4v) is 3.78. The largest absolute Gasteiger partial charge is 0.378 e. The number of aromatic nitrogens is 3. The van der Waals surface area contributed by atoms with Gasteiger partial charge in [0.25, 0.3) is 0 Å². The lowest BCUT2D eigenvalue weighted by Gasteiger charge is -2.43. The molecule has 2 aliphatic rings. The summed E-state index contributed by atoms with van der Waals surface area (Å²) in [5.41, 5.74) is 1.60. The van der Waals surface area contributed by atoms with E-state index < -0.39 is 0 Å². The first-order valence-corrected chi connectivity index (χ1v) is 8.14. The van der Waals surface area contributed by atoms with Gasteiger partial charge in [-0.2, -0.15) is 0 Å². The minimum Gasteiger partial charge on any atom is -0.378 e. The van der Waals surface area contributed by atoms with Gasteiger partial charge in [-0.1, -0.05) is 23.2 Å². The van der Waals surface area contributed by atoms with Crippen LogP contribution in [0, 0.1) is 0 Å². The highest BCUT2D eigenvalue weighted by atomic mass is 35.5. The van der Waals surface area contributed by atoms with Crippen LogP contribution in [0.15, 0.2) is 6.07 Å². The molecular weight excluding hydrogens is 325 g/mol. The lowest BCUT2D eigenvalue weighted by molar-refractivity contribution is -0.0119. The second-order valence-corrected chi connectivity index (χ2v) is 6.53. The Morgan fingerprint density at radius 1 is 1.23 bits per heavy atom. The zero-order valence-corrected chi connectivity index (χ0v) is 13.8. The van der Waals surface area contributed by atoms with Crippen LogP contribution in [0.4, 0.5) is 5.95 Å². The molecular formula is C14H17Cl2N5O. The summed E-state index contributed by atoms with van der Waals surface area (Å²) in [5.74, 6) is 0.909. The summed E-state index contributed by atoms with van der Waals surface area (Å²) in [6, 6.07) is 2.23. The van der Waals surface area contributed by atoms with Crippen LogP contribution in [0.5, 0.6) is 0 Å². The summed E-state index contributed by atoms with van der Waals surface area (Å²) >= 11 is 12.2. The number of imidazole rings is 1. The van der Waals surface area contributed by atoms with Crippen molar-refractivity contribution in [2.24, 2.45) is 7.05 Å². The number of anilines is 1. The topological polar surface area (TPSA) is 46.4 Å². The maximum Gasteiger partial charge on any atom is 0.206 e. The van der Waals surface area contributed by atoms with Gasteiger partial charge >= 0.3 is 0 Å². The number of pyridine rings is 1. The number of piperazine rings is 1. The molecule has 22 heavy (non-hydrogen) atoms. The monoisotopic (exact) mass is 341 g/mol. The van der Waals surface area contributed by atoms with Crippen molar-refractivity contribution >= 4 is 40.2 Å². The lowest BCUT2D eigenvalue weighted by Crippen LogP contribution is -2.58. The predicted molar refractivity (Wildman–Crippen MR) is 86.9 cm³/mol. The quantitative estimate of drug-likeness (QED) is 0.740. The number of hydrogen-bond donors (Lipinski definition) is 0. The molecule has 118 valence electrons. The summed E-state index contributed by atoms with van der Waals surface area (Å²) < 4.78 is 7.64. The smallest absolute Gasteiger partial charge is 0.206 e. The summed E-state index contributed by atoms with van der Waals surface area (Å²) in [6.45, 7) is 5.54. The van der Waals surface area contributed by atoms with Crippen molar-refractivity contribution in [3.8, 4) is 0 Å². The second-order valence-electron chi connectivity index (χ2n) is 5.79. The molecule has 0 unspecified atom stereocenters. The van der Waals surface area contributed by atoms with Gasteiger partial charge in [-0.3, -0.25) is 4.90 Å². The Kier molecular flexibility index (Phi) is 3.64. The molecule has 8 heteroatoms. The molecule has 0 radical (unpaired) electrons. The average molecular weight is 342 g/mol. The predicted octanol–water partition coefficient (Wildman–Crippen LogP) is 1.80. The van der Waals surface area contributed by atoms with E-state index in [1.807, 2.05) is 11.6 Å². The summed E-state index contributed by atoms with van der Waals surface area (Å²) in [7, 11) is 1.99. The molecule has 0 bridgehead atoms. The molecule has 0 aliphatic carbocycles. The molecule has 2 aliphatic heterocycles. The molecule has 4 rings (SSSR count). The highest BCUT2D eigenvalue weighted by Crippen LogP contribution is 2.29. The van der Waals surface area contributed by atoms with Crippen LogP contribution in [0.1, 0.15) is 0 Å². The zero-order chi connectivity index (χ0) is 15.3. The Morgan fingerprint density at radius 2 is 2.09 bits per heavy atom. The zero-order valence-electron chi connectivity index (χ0n) is 12.3. The molecule has 0 aromatic carbocycles. The van der Waals surface area contributed by atoms with E-state index >= 15 is 0 Å². The number of morpholine rings is 1. The van der Waals surface area contributed by atoms with Crippen molar-refractivity contribution in [2.75, 3.05) is 44.3 Å². The molecule has 0 N–H and O–H groups in total. The van der Waals surface area contributed by atoms with E-state index in [2.05, 4.69) is 14.8 Å². The van der Waals surface area contributed by atoms with Gasteiger partial charge in [0.1, 0.15) is 10.7 Å². The molecule has 6 nitrogen and oxygen atoms in total. The van der Waals surface area contributed by atoms with Gasteiger partial charge in [-0.15, -0.1) is 0 Å². The van der Waals surface area contributed by atoms with Crippen molar-refractivity contribution in [3.05, 3.63) is 16.4 Å². The Morgan fingerprint density at radius 3 is 2.95 bits per heavy atom. The first-order valence-electron chi connectivity index (χ1n) is 7.38. The van der Waals surface area contributed by atoms with Gasteiger partial charge in [0.05, 0.1) is 24.8 Å². The molecule has 1 atom stereocenters. The molecule has 2 aromatic rings. The molecule has 2 aromatic heterocycles.